The molecule has 0 saturated heterocycles. The number of hydrogen-bond acceptors (Lipinski definition) is 5. The molecule has 0 saturated carbocycles. The Balaban J connectivity index is 1.55. The van der Waals surface area contributed by atoms with Gasteiger partial charge in [-0.1, -0.05) is 30.3 Å². The molecule has 0 aliphatic carbocycles. The molecular weight excluding hydrogens is 388 g/mol. The van der Waals surface area contributed by atoms with Gasteiger partial charge >= 0.3 is 0 Å². The fraction of sp³-hybridized carbons (Fsp3) is 0.143. The summed E-state index contributed by atoms with van der Waals surface area (Å²) in [7, 11) is 0. The van der Waals surface area contributed by atoms with E-state index in [0.717, 1.165) is 11.3 Å². The third-order valence-corrected chi connectivity index (χ3v) is 5.94. The third kappa shape index (κ3) is 2.72. The van der Waals surface area contributed by atoms with Crippen molar-refractivity contribution >= 4 is 39.9 Å². The van der Waals surface area contributed by atoms with Crippen molar-refractivity contribution in [3.8, 4) is 0 Å². The molecule has 1 atom stereocenters. The molecular formula is C21H16N4O3S. The highest BCUT2D eigenvalue weighted by atomic mass is 32.1. The Morgan fingerprint density at radius 2 is 1.79 bits per heavy atom. The van der Waals surface area contributed by atoms with Gasteiger partial charge in [-0.3, -0.25) is 19.3 Å². The highest BCUT2D eigenvalue weighted by Crippen LogP contribution is 2.44. The van der Waals surface area contributed by atoms with Crippen molar-refractivity contribution in [3.63, 3.8) is 0 Å². The summed E-state index contributed by atoms with van der Waals surface area (Å²) in [4.78, 5) is 46.3. The zero-order valence-electron chi connectivity index (χ0n) is 15.5. The highest BCUT2D eigenvalue weighted by Gasteiger charge is 2.48. The summed E-state index contributed by atoms with van der Waals surface area (Å²) in [5.41, 5.74) is 3.05. The van der Waals surface area contributed by atoms with Gasteiger partial charge < -0.3 is 10.2 Å². The zero-order valence-corrected chi connectivity index (χ0v) is 16.3. The molecule has 1 N–H and O–H groups in total. The number of rotatable bonds is 3. The van der Waals surface area contributed by atoms with Crippen LogP contribution in [-0.4, -0.2) is 34.2 Å². The molecule has 1 aromatic heterocycles. The molecule has 0 spiro atoms. The number of benzene rings is 2. The topological polar surface area (TPSA) is 82.6 Å². The van der Waals surface area contributed by atoms with E-state index in [0.29, 0.717) is 21.9 Å². The summed E-state index contributed by atoms with van der Waals surface area (Å²) in [6.07, 6.45) is -0.648. The summed E-state index contributed by atoms with van der Waals surface area (Å²) < 4.78 is 0. The molecule has 0 unspecified atom stereocenters. The predicted molar refractivity (Wildman–Crippen MR) is 109 cm³/mol. The second-order valence-corrected chi connectivity index (χ2v) is 7.79. The van der Waals surface area contributed by atoms with E-state index in [4.69, 9.17) is 0 Å². The van der Waals surface area contributed by atoms with Gasteiger partial charge in [0, 0.05) is 16.5 Å². The lowest BCUT2D eigenvalue weighted by Crippen LogP contribution is -2.50. The van der Waals surface area contributed by atoms with Crippen molar-refractivity contribution in [1.29, 1.82) is 0 Å². The molecule has 0 fully saturated rings. The number of amides is 3. The van der Waals surface area contributed by atoms with E-state index in [-0.39, 0.29) is 24.3 Å². The first-order valence-electron chi connectivity index (χ1n) is 9.09. The largest absolute Gasteiger partial charge is 0.304 e. The van der Waals surface area contributed by atoms with E-state index in [1.165, 1.54) is 16.2 Å². The molecule has 3 aromatic rings. The van der Waals surface area contributed by atoms with Gasteiger partial charge in [-0.2, -0.15) is 0 Å². The number of aryl methyl sites for hydroxylation is 1. The summed E-state index contributed by atoms with van der Waals surface area (Å²) in [5, 5.41) is 5.06. The minimum atomic E-state index is -0.648. The number of nitrogens with one attached hydrogen (secondary N) is 1. The van der Waals surface area contributed by atoms with Crippen LogP contribution in [0.5, 0.6) is 0 Å². The van der Waals surface area contributed by atoms with Crippen LogP contribution >= 0.6 is 11.3 Å². The summed E-state index contributed by atoms with van der Waals surface area (Å²) in [5.74, 6) is -0.813. The monoisotopic (exact) mass is 404 g/mol. The second kappa shape index (κ2) is 6.52. The number of thiazole rings is 1. The van der Waals surface area contributed by atoms with Crippen molar-refractivity contribution in [3.05, 3.63) is 76.3 Å². The van der Waals surface area contributed by atoms with Crippen LogP contribution in [0.4, 0.5) is 10.8 Å². The van der Waals surface area contributed by atoms with Crippen molar-refractivity contribution in [2.24, 2.45) is 0 Å². The second-order valence-electron chi connectivity index (χ2n) is 6.93. The smallest absolute Gasteiger partial charge is 0.260 e. The maximum atomic E-state index is 13.3. The lowest BCUT2D eigenvalue weighted by Gasteiger charge is -2.40. The number of para-hydroxylation sites is 1. The Labute approximate surface area is 170 Å². The van der Waals surface area contributed by atoms with Crippen molar-refractivity contribution < 1.29 is 14.4 Å². The maximum absolute atomic E-state index is 13.3. The average Bonchev–Trinajstić information content (AvgIpc) is 3.26. The first-order chi connectivity index (χ1) is 14.0. The molecule has 7 nitrogen and oxygen atoms in total. The molecule has 0 radical (unpaired) electrons. The number of nitrogens with zero attached hydrogens (tertiary/aromatic N) is 3. The number of carbonyl (C=O) groups is 3. The van der Waals surface area contributed by atoms with Crippen LogP contribution in [0.3, 0.4) is 0 Å². The fourth-order valence-electron chi connectivity index (χ4n) is 3.86. The lowest BCUT2D eigenvalue weighted by atomic mass is 10.0. The molecule has 0 bridgehead atoms. The van der Waals surface area contributed by atoms with Crippen LogP contribution in [0.2, 0.25) is 0 Å². The minimum Gasteiger partial charge on any atom is -0.304 e. The first kappa shape index (κ1) is 17.6. The fourth-order valence-corrected chi connectivity index (χ4v) is 4.56. The third-order valence-electron chi connectivity index (χ3n) is 5.06. The Morgan fingerprint density at radius 3 is 2.55 bits per heavy atom. The van der Waals surface area contributed by atoms with Crippen LogP contribution in [0.15, 0.2) is 53.9 Å². The Morgan fingerprint density at radius 1 is 1.07 bits per heavy atom. The van der Waals surface area contributed by atoms with Crippen LogP contribution in [0.1, 0.15) is 38.1 Å². The van der Waals surface area contributed by atoms with E-state index in [2.05, 4.69) is 10.3 Å². The molecule has 2 aliphatic rings. The highest BCUT2D eigenvalue weighted by molar-refractivity contribution is 7.13. The number of anilines is 2. The predicted octanol–water partition coefficient (Wildman–Crippen LogP) is 3.21. The lowest BCUT2D eigenvalue weighted by molar-refractivity contribution is -0.117. The number of carbonyl (C=O) groups excluding carboxylic acids is 3. The molecule has 144 valence electrons. The first-order valence-corrected chi connectivity index (χ1v) is 9.97. The van der Waals surface area contributed by atoms with Crippen LogP contribution in [-0.2, 0) is 4.79 Å². The number of aromatic nitrogens is 1. The molecule has 5 rings (SSSR count). The molecule has 29 heavy (non-hydrogen) atoms. The number of hydrogen-bond donors (Lipinski definition) is 1. The number of fused-ring (bicyclic) bond motifs is 5. The van der Waals surface area contributed by atoms with Crippen molar-refractivity contribution in [2.75, 3.05) is 16.8 Å². The van der Waals surface area contributed by atoms with Crippen molar-refractivity contribution in [2.45, 2.75) is 13.1 Å². The van der Waals surface area contributed by atoms with Gasteiger partial charge in [-0.15, -0.1) is 11.3 Å². The Bertz CT molecular complexity index is 1170. The van der Waals surface area contributed by atoms with Crippen LogP contribution < -0.4 is 10.2 Å². The normalized spacial score (nSPS) is 17.1. The Kier molecular flexibility index (Phi) is 3.95. The quantitative estimate of drug-likeness (QED) is 0.727. The zero-order chi connectivity index (χ0) is 20.1. The van der Waals surface area contributed by atoms with E-state index < -0.39 is 6.17 Å². The van der Waals surface area contributed by atoms with Gasteiger partial charge in [0.2, 0.25) is 5.91 Å². The van der Waals surface area contributed by atoms with Gasteiger partial charge in [-0.25, -0.2) is 4.98 Å². The SMILES string of the molecule is Cc1csc(NC(=O)CN2C(=O)c3ccccc3N3C(=O)c4ccccc4[C@@H]23)n1. The molecule has 2 aliphatic heterocycles. The molecule has 2 aromatic carbocycles. The van der Waals surface area contributed by atoms with Crippen molar-refractivity contribution in [1.82, 2.24) is 9.88 Å². The van der Waals surface area contributed by atoms with E-state index in [1.54, 1.807) is 41.3 Å². The maximum Gasteiger partial charge on any atom is 0.260 e. The van der Waals surface area contributed by atoms with Crippen LogP contribution in [0.25, 0.3) is 0 Å². The standard InChI is InChI=1S/C21H16N4O3S/c1-12-11-29-21(22-12)23-17(26)10-24-18-13-6-2-3-7-14(13)20(28)25(18)16-9-5-4-8-15(16)19(24)27/h2-9,11,18H,10H2,1H3,(H,22,23,26)/t18-/m0/s1. The summed E-state index contributed by atoms with van der Waals surface area (Å²) in [6.45, 7) is 1.66. The average molecular weight is 404 g/mol. The molecule has 3 heterocycles. The van der Waals surface area contributed by atoms with Gasteiger partial charge in [0.05, 0.1) is 16.9 Å². The van der Waals surface area contributed by atoms with Gasteiger partial charge in [0.25, 0.3) is 11.8 Å². The van der Waals surface area contributed by atoms with Gasteiger partial charge in [-0.05, 0) is 25.1 Å². The Hall–Kier alpha value is -3.52. The van der Waals surface area contributed by atoms with Gasteiger partial charge in [0.1, 0.15) is 12.7 Å². The van der Waals surface area contributed by atoms with E-state index in [1.807, 2.05) is 24.4 Å². The van der Waals surface area contributed by atoms with E-state index >= 15 is 0 Å². The minimum absolute atomic E-state index is 0.175. The van der Waals surface area contributed by atoms with E-state index in [9.17, 15) is 14.4 Å². The molecule has 8 heteroatoms. The molecule has 3 amide bonds. The summed E-state index contributed by atoms with van der Waals surface area (Å²) >= 11 is 1.33. The van der Waals surface area contributed by atoms with Crippen LogP contribution in [0, 0.1) is 6.92 Å². The van der Waals surface area contributed by atoms with Gasteiger partial charge in [0.15, 0.2) is 5.13 Å². The summed E-state index contributed by atoms with van der Waals surface area (Å²) in [6, 6.07) is 14.2.